The van der Waals surface area contributed by atoms with E-state index in [1.165, 1.54) is 5.69 Å². The smallest absolute Gasteiger partial charge is 0.162 e. The van der Waals surface area contributed by atoms with Crippen molar-refractivity contribution in [3.8, 4) is 17.1 Å². The summed E-state index contributed by atoms with van der Waals surface area (Å²) in [5.41, 5.74) is 5.02. The Labute approximate surface area is 222 Å². The van der Waals surface area contributed by atoms with Crippen molar-refractivity contribution in [2.75, 3.05) is 74.7 Å². The summed E-state index contributed by atoms with van der Waals surface area (Å²) in [5.74, 6) is 2.91. The average molecular weight is 513 g/mol. The normalized spacial score (nSPS) is 16.1. The number of piperazine rings is 1. The second-order valence-corrected chi connectivity index (χ2v) is 9.50. The molecule has 1 aromatic carbocycles. The van der Waals surface area contributed by atoms with E-state index in [9.17, 15) is 0 Å². The molecule has 3 aromatic heterocycles. The summed E-state index contributed by atoms with van der Waals surface area (Å²) in [6.07, 6.45) is 5.28. The molecule has 2 N–H and O–H groups in total. The van der Waals surface area contributed by atoms with Crippen molar-refractivity contribution in [3.63, 3.8) is 0 Å². The van der Waals surface area contributed by atoms with Gasteiger partial charge in [0.2, 0.25) is 0 Å². The van der Waals surface area contributed by atoms with Gasteiger partial charge in [-0.15, -0.1) is 0 Å². The summed E-state index contributed by atoms with van der Waals surface area (Å²) >= 11 is 0. The number of morpholine rings is 1. The van der Waals surface area contributed by atoms with Crippen molar-refractivity contribution in [2.24, 2.45) is 0 Å². The number of anilines is 4. The third-order valence-electron chi connectivity index (χ3n) is 7.06. The van der Waals surface area contributed by atoms with Crippen molar-refractivity contribution in [2.45, 2.75) is 6.92 Å². The van der Waals surface area contributed by atoms with Crippen LogP contribution in [0.3, 0.4) is 0 Å². The molecule has 0 bridgehead atoms. The molecule has 10 heteroatoms. The third kappa shape index (κ3) is 4.92. The number of pyridine rings is 2. The Bertz CT molecular complexity index is 1430. The number of benzene rings is 1. The number of hydrogen-bond acceptors (Lipinski definition) is 10. The molecular formula is C28H32N8O2. The summed E-state index contributed by atoms with van der Waals surface area (Å²) in [6, 6.07) is 10.4. The van der Waals surface area contributed by atoms with Gasteiger partial charge in [0, 0.05) is 62.4 Å². The zero-order valence-corrected chi connectivity index (χ0v) is 21.8. The van der Waals surface area contributed by atoms with Crippen molar-refractivity contribution in [1.29, 1.82) is 0 Å². The molecule has 0 unspecified atom stereocenters. The molecule has 2 saturated heterocycles. The minimum atomic E-state index is 0.630. The molecule has 6 rings (SSSR count). The molecule has 0 spiro atoms. The molecule has 10 nitrogen and oxygen atoms in total. The van der Waals surface area contributed by atoms with Crippen LogP contribution in [0.2, 0.25) is 0 Å². The maximum atomic E-state index is 5.63. The molecule has 0 atom stereocenters. The number of ether oxygens (including phenoxy) is 2. The summed E-state index contributed by atoms with van der Waals surface area (Å²) in [7, 11) is 1.65. The number of methoxy groups -OCH3 is 1. The third-order valence-corrected chi connectivity index (χ3v) is 7.06. The summed E-state index contributed by atoms with van der Waals surface area (Å²) in [5, 5.41) is 7.78. The van der Waals surface area contributed by atoms with E-state index < -0.39 is 0 Å². The summed E-state index contributed by atoms with van der Waals surface area (Å²) in [6.45, 7) is 9.01. The number of nitrogens with zero attached hydrogens (tertiary/aromatic N) is 6. The van der Waals surface area contributed by atoms with Crippen LogP contribution in [0.4, 0.5) is 23.0 Å². The Hall–Kier alpha value is -4.02. The van der Waals surface area contributed by atoms with Crippen molar-refractivity contribution in [1.82, 2.24) is 25.3 Å². The van der Waals surface area contributed by atoms with Crippen LogP contribution in [0.1, 0.15) is 5.56 Å². The molecule has 0 saturated carbocycles. The highest BCUT2D eigenvalue weighted by Crippen LogP contribution is 2.34. The Kier molecular flexibility index (Phi) is 6.89. The van der Waals surface area contributed by atoms with E-state index in [0.29, 0.717) is 11.6 Å². The standard InChI is InChI=1S/C28H32N8O2/c1-19-15-21(35-11-13-38-14-12-35)3-4-22(19)32-25-16-20(5-6-31-25)27-33-23-17-30-18-24(37-2)26(23)28(34-27)36-9-7-29-8-10-36/h3-6,15-18,29H,7-14H2,1-2H3,(H,31,32). The molecule has 2 aliphatic rings. The summed E-state index contributed by atoms with van der Waals surface area (Å²) in [4.78, 5) is 23.5. The minimum absolute atomic E-state index is 0.630. The molecule has 0 radical (unpaired) electrons. The first kappa shape index (κ1) is 24.3. The second kappa shape index (κ2) is 10.8. The molecule has 5 heterocycles. The van der Waals surface area contributed by atoms with Gasteiger partial charge in [-0.2, -0.15) is 0 Å². The van der Waals surface area contributed by atoms with Crippen LogP contribution in [0.5, 0.6) is 5.75 Å². The Balaban J connectivity index is 1.32. The molecular weight excluding hydrogens is 480 g/mol. The SMILES string of the molecule is COc1cncc2nc(-c3ccnc(Nc4ccc(N5CCOCC5)cc4C)c3)nc(N3CCNCC3)c12. The lowest BCUT2D eigenvalue weighted by Gasteiger charge is -2.29. The number of aryl methyl sites for hydroxylation is 1. The Morgan fingerprint density at radius 2 is 1.82 bits per heavy atom. The molecule has 0 amide bonds. The van der Waals surface area contributed by atoms with Crippen LogP contribution in [0.25, 0.3) is 22.3 Å². The van der Waals surface area contributed by atoms with Gasteiger partial charge < -0.3 is 29.9 Å². The Morgan fingerprint density at radius 1 is 0.974 bits per heavy atom. The van der Waals surface area contributed by atoms with Gasteiger partial charge in [-0.1, -0.05) is 0 Å². The predicted molar refractivity (Wildman–Crippen MR) is 150 cm³/mol. The maximum absolute atomic E-state index is 5.63. The first-order valence-electron chi connectivity index (χ1n) is 13.0. The van der Waals surface area contributed by atoms with E-state index in [-0.39, 0.29) is 0 Å². The first-order chi connectivity index (χ1) is 18.7. The van der Waals surface area contributed by atoms with Gasteiger partial charge in [0.05, 0.1) is 43.6 Å². The van der Waals surface area contributed by atoms with Crippen molar-refractivity contribution < 1.29 is 9.47 Å². The van der Waals surface area contributed by atoms with Gasteiger partial charge >= 0.3 is 0 Å². The van der Waals surface area contributed by atoms with E-state index in [2.05, 4.69) is 55.5 Å². The van der Waals surface area contributed by atoms with Crippen LogP contribution >= 0.6 is 0 Å². The van der Waals surface area contributed by atoms with Gasteiger partial charge in [-0.05, 0) is 42.8 Å². The van der Waals surface area contributed by atoms with Gasteiger partial charge in [0.1, 0.15) is 17.4 Å². The fourth-order valence-electron chi connectivity index (χ4n) is 5.01. The highest BCUT2D eigenvalue weighted by atomic mass is 16.5. The first-order valence-corrected chi connectivity index (χ1v) is 13.0. The monoisotopic (exact) mass is 512 g/mol. The van der Waals surface area contributed by atoms with Crippen molar-refractivity contribution >= 4 is 33.9 Å². The van der Waals surface area contributed by atoms with E-state index in [1.54, 1.807) is 25.7 Å². The van der Waals surface area contributed by atoms with Crippen LogP contribution in [-0.2, 0) is 4.74 Å². The number of rotatable bonds is 6. The topological polar surface area (TPSA) is 101 Å². The zero-order chi connectivity index (χ0) is 25.9. The second-order valence-electron chi connectivity index (χ2n) is 9.50. The van der Waals surface area contributed by atoms with Crippen molar-refractivity contribution in [3.05, 3.63) is 54.5 Å². The van der Waals surface area contributed by atoms with Crippen LogP contribution in [-0.4, -0.2) is 79.5 Å². The van der Waals surface area contributed by atoms with E-state index >= 15 is 0 Å². The quantitative estimate of drug-likeness (QED) is 0.400. The number of nitrogens with one attached hydrogen (secondary N) is 2. The predicted octanol–water partition coefficient (Wildman–Crippen LogP) is 3.39. The molecule has 4 aromatic rings. The van der Waals surface area contributed by atoms with Gasteiger partial charge in [0.25, 0.3) is 0 Å². The fraction of sp³-hybridized carbons (Fsp3) is 0.357. The summed E-state index contributed by atoms with van der Waals surface area (Å²) < 4.78 is 11.1. The molecule has 38 heavy (non-hydrogen) atoms. The molecule has 0 aliphatic carbocycles. The molecule has 196 valence electrons. The van der Waals surface area contributed by atoms with Crippen LogP contribution in [0.15, 0.2) is 48.9 Å². The van der Waals surface area contributed by atoms with E-state index in [4.69, 9.17) is 19.4 Å². The number of fused-ring (bicyclic) bond motifs is 1. The van der Waals surface area contributed by atoms with Gasteiger partial charge in [0.15, 0.2) is 5.82 Å². The van der Waals surface area contributed by atoms with Crippen LogP contribution in [0, 0.1) is 6.92 Å². The van der Waals surface area contributed by atoms with Gasteiger partial charge in [-0.25, -0.2) is 15.0 Å². The lowest BCUT2D eigenvalue weighted by molar-refractivity contribution is 0.122. The average Bonchev–Trinajstić information content (AvgIpc) is 2.98. The van der Waals surface area contributed by atoms with Crippen LogP contribution < -0.4 is 25.2 Å². The molecule has 2 fully saturated rings. The fourth-order valence-corrected chi connectivity index (χ4v) is 5.01. The number of aromatic nitrogens is 4. The molecule has 2 aliphatic heterocycles. The van der Waals surface area contributed by atoms with E-state index in [0.717, 1.165) is 91.8 Å². The van der Waals surface area contributed by atoms with E-state index in [1.807, 2.05) is 12.1 Å². The number of hydrogen-bond donors (Lipinski definition) is 2. The minimum Gasteiger partial charge on any atom is -0.494 e. The highest BCUT2D eigenvalue weighted by molar-refractivity contribution is 5.95. The largest absolute Gasteiger partial charge is 0.494 e. The zero-order valence-electron chi connectivity index (χ0n) is 21.8. The lowest BCUT2D eigenvalue weighted by Crippen LogP contribution is -2.44. The van der Waals surface area contributed by atoms with Gasteiger partial charge in [-0.3, -0.25) is 4.98 Å². The lowest BCUT2D eigenvalue weighted by atomic mass is 10.1. The highest BCUT2D eigenvalue weighted by Gasteiger charge is 2.21. The Morgan fingerprint density at radius 3 is 2.61 bits per heavy atom. The maximum Gasteiger partial charge on any atom is 0.162 e.